The van der Waals surface area contributed by atoms with Crippen LogP contribution in [-0.4, -0.2) is 12.6 Å². The van der Waals surface area contributed by atoms with Crippen LogP contribution in [-0.2, 0) is 0 Å². The molecule has 0 heterocycles. The van der Waals surface area contributed by atoms with Gasteiger partial charge in [0.15, 0.2) is 0 Å². The summed E-state index contributed by atoms with van der Waals surface area (Å²) >= 11 is 5.76. The van der Waals surface area contributed by atoms with Gasteiger partial charge in [0, 0.05) is 17.6 Å². The van der Waals surface area contributed by atoms with Gasteiger partial charge in [-0.25, -0.2) is 0 Å². The van der Waals surface area contributed by atoms with E-state index < -0.39 is 0 Å². The third-order valence-electron chi connectivity index (χ3n) is 4.33. The average molecular weight is 244 g/mol. The van der Waals surface area contributed by atoms with Gasteiger partial charge in [0.25, 0.3) is 0 Å². The van der Waals surface area contributed by atoms with E-state index in [1.165, 1.54) is 32.1 Å². The van der Waals surface area contributed by atoms with Crippen LogP contribution in [0, 0.1) is 11.3 Å². The van der Waals surface area contributed by atoms with Crippen molar-refractivity contribution < 1.29 is 0 Å². The van der Waals surface area contributed by atoms with Gasteiger partial charge in [-0.15, -0.1) is 0 Å². The number of halogens is 1. The van der Waals surface area contributed by atoms with Gasteiger partial charge < -0.3 is 5.32 Å². The Morgan fingerprint density at radius 3 is 2.31 bits per heavy atom. The van der Waals surface area contributed by atoms with E-state index >= 15 is 0 Å². The van der Waals surface area contributed by atoms with Crippen LogP contribution in [0.4, 0.5) is 0 Å². The molecule has 1 aliphatic carbocycles. The molecule has 1 nitrogen and oxygen atoms in total. The minimum atomic E-state index is 0.515. The summed E-state index contributed by atoms with van der Waals surface area (Å²) in [6, 6.07) is 0.652. The van der Waals surface area contributed by atoms with Crippen LogP contribution in [0.3, 0.4) is 0 Å². The summed E-state index contributed by atoms with van der Waals surface area (Å²) in [5, 5.41) is 4.20. The van der Waals surface area contributed by atoms with Gasteiger partial charge in [0.2, 0.25) is 0 Å². The van der Waals surface area contributed by atoms with E-state index in [4.69, 9.17) is 11.6 Å². The van der Waals surface area contributed by atoms with Gasteiger partial charge in [0.05, 0.1) is 0 Å². The second-order valence-electron chi connectivity index (χ2n) is 5.79. The molecule has 0 aromatic heterocycles. The third-order valence-corrected chi connectivity index (χ3v) is 4.46. The predicted octanol–water partition coefficient (Wildman–Crippen LogP) is 4.32. The Morgan fingerprint density at radius 1 is 1.31 bits per heavy atom. The zero-order valence-electron chi connectivity index (χ0n) is 11.0. The lowest BCUT2D eigenvalue weighted by molar-refractivity contribution is 0.138. The molecule has 0 aromatic rings. The van der Waals surface area contributed by atoms with Crippen molar-refractivity contribution in [2.45, 2.75) is 58.9 Å². The number of hydrogen-bond acceptors (Lipinski definition) is 1. The summed E-state index contributed by atoms with van der Waals surface area (Å²) in [6.45, 7) is 11.6. The molecule has 0 radical (unpaired) electrons. The first kappa shape index (κ1) is 14.1. The van der Waals surface area contributed by atoms with Crippen LogP contribution in [0.25, 0.3) is 0 Å². The molecule has 0 spiro atoms. The van der Waals surface area contributed by atoms with E-state index in [0.29, 0.717) is 11.5 Å². The minimum Gasteiger partial charge on any atom is -0.309 e. The van der Waals surface area contributed by atoms with Gasteiger partial charge in [-0.05, 0) is 37.0 Å². The largest absolute Gasteiger partial charge is 0.309 e. The molecule has 0 atom stereocenters. The minimum absolute atomic E-state index is 0.515. The SMILES string of the molecule is C=C(Cl)CNC1CCC(C(C)(C)CC)CC1. The highest BCUT2D eigenvalue weighted by Crippen LogP contribution is 2.40. The van der Waals surface area contributed by atoms with Crippen molar-refractivity contribution in [1.29, 1.82) is 0 Å². The standard InChI is InChI=1S/C14H26ClN/c1-5-14(3,4)12-6-8-13(9-7-12)16-10-11(2)15/h12-13,16H,2,5-10H2,1,3-4H3. The highest BCUT2D eigenvalue weighted by atomic mass is 35.5. The van der Waals surface area contributed by atoms with Crippen molar-refractivity contribution in [3.05, 3.63) is 11.6 Å². The Kier molecular flexibility index (Phi) is 5.33. The van der Waals surface area contributed by atoms with Gasteiger partial charge >= 0.3 is 0 Å². The Labute approximate surface area is 106 Å². The Balaban J connectivity index is 2.31. The molecule has 0 aliphatic heterocycles. The van der Waals surface area contributed by atoms with Crippen LogP contribution >= 0.6 is 11.6 Å². The molecule has 16 heavy (non-hydrogen) atoms. The predicted molar refractivity (Wildman–Crippen MR) is 72.8 cm³/mol. The summed E-state index contributed by atoms with van der Waals surface area (Å²) in [4.78, 5) is 0. The molecular formula is C14H26ClN. The fourth-order valence-electron chi connectivity index (χ4n) is 2.62. The zero-order valence-corrected chi connectivity index (χ0v) is 11.7. The van der Waals surface area contributed by atoms with Crippen molar-refractivity contribution >= 4 is 11.6 Å². The van der Waals surface area contributed by atoms with Gasteiger partial charge in [-0.1, -0.05) is 45.4 Å². The summed E-state index contributed by atoms with van der Waals surface area (Å²) in [7, 11) is 0. The molecule has 0 unspecified atom stereocenters. The lowest BCUT2D eigenvalue weighted by atomic mass is 9.69. The Hall–Kier alpha value is -0.0100. The van der Waals surface area contributed by atoms with E-state index in [1.54, 1.807) is 0 Å². The molecule has 1 saturated carbocycles. The first-order valence-corrected chi connectivity index (χ1v) is 6.90. The van der Waals surface area contributed by atoms with Gasteiger partial charge in [-0.2, -0.15) is 0 Å². The monoisotopic (exact) mass is 243 g/mol. The van der Waals surface area contributed by atoms with E-state index in [0.717, 1.165) is 17.5 Å². The topological polar surface area (TPSA) is 12.0 Å². The van der Waals surface area contributed by atoms with Crippen LogP contribution < -0.4 is 5.32 Å². The highest BCUT2D eigenvalue weighted by Gasteiger charge is 2.31. The molecule has 2 heteroatoms. The van der Waals surface area contributed by atoms with Gasteiger partial charge in [0.1, 0.15) is 0 Å². The van der Waals surface area contributed by atoms with E-state index in [2.05, 4.69) is 32.7 Å². The van der Waals surface area contributed by atoms with Crippen LogP contribution in [0.15, 0.2) is 11.6 Å². The molecule has 0 bridgehead atoms. The smallest absolute Gasteiger partial charge is 0.0310 e. The molecule has 0 aromatic carbocycles. The summed E-state index contributed by atoms with van der Waals surface area (Å²) in [5.41, 5.74) is 0.515. The lowest BCUT2D eigenvalue weighted by Gasteiger charge is -2.39. The number of nitrogens with one attached hydrogen (secondary N) is 1. The summed E-state index contributed by atoms with van der Waals surface area (Å²) < 4.78 is 0. The molecule has 94 valence electrons. The van der Waals surface area contributed by atoms with Gasteiger partial charge in [-0.3, -0.25) is 0 Å². The molecule has 1 rings (SSSR count). The fraction of sp³-hybridized carbons (Fsp3) is 0.857. The second-order valence-corrected chi connectivity index (χ2v) is 6.32. The first-order chi connectivity index (χ1) is 7.45. The molecule has 0 amide bonds. The average Bonchev–Trinajstić information content (AvgIpc) is 2.27. The van der Waals surface area contributed by atoms with E-state index in [1.807, 2.05) is 0 Å². The molecule has 1 N–H and O–H groups in total. The van der Waals surface area contributed by atoms with Crippen molar-refractivity contribution in [3.63, 3.8) is 0 Å². The number of rotatable bonds is 5. The van der Waals surface area contributed by atoms with Crippen LogP contribution in [0.5, 0.6) is 0 Å². The Morgan fingerprint density at radius 2 is 1.88 bits per heavy atom. The van der Waals surface area contributed by atoms with E-state index in [-0.39, 0.29) is 0 Å². The molecule has 0 saturated heterocycles. The fourth-order valence-corrected chi connectivity index (χ4v) is 2.70. The third kappa shape index (κ3) is 4.10. The zero-order chi connectivity index (χ0) is 12.2. The highest BCUT2D eigenvalue weighted by molar-refractivity contribution is 6.29. The molecular weight excluding hydrogens is 218 g/mol. The van der Waals surface area contributed by atoms with E-state index in [9.17, 15) is 0 Å². The van der Waals surface area contributed by atoms with Crippen LogP contribution in [0.2, 0.25) is 0 Å². The first-order valence-electron chi connectivity index (χ1n) is 6.52. The quantitative estimate of drug-likeness (QED) is 0.758. The lowest BCUT2D eigenvalue weighted by Crippen LogP contribution is -2.37. The molecule has 1 fully saturated rings. The maximum absolute atomic E-state index is 5.76. The van der Waals surface area contributed by atoms with Crippen molar-refractivity contribution in [2.24, 2.45) is 11.3 Å². The molecule has 1 aliphatic rings. The second kappa shape index (κ2) is 6.07. The Bertz CT molecular complexity index is 227. The van der Waals surface area contributed by atoms with Crippen molar-refractivity contribution in [2.75, 3.05) is 6.54 Å². The maximum Gasteiger partial charge on any atom is 0.0310 e. The van der Waals surface area contributed by atoms with Crippen molar-refractivity contribution in [3.8, 4) is 0 Å². The maximum atomic E-state index is 5.76. The number of hydrogen-bond donors (Lipinski definition) is 1. The summed E-state index contributed by atoms with van der Waals surface area (Å²) in [5.74, 6) is 0.898. The normalized spacial score (nSPS) is 26.8. The van der Waals surface area contributed by atoms with Crippen LogP contribution in [0.1, 0.15) is 52.9 Å². The van der Waals surface area contributed by atoms with Crippen molar-refractivity contribution in [1.82, 2.24) is 5.32 Å². The summed E-state index contributed by atoms with van der Waals surface area (Å²) in [6.07, 6.45) is 6.57.